The molecule has 20 heavy (non-hydrogen) atoms. The van der Waals surface area contributed by atoms with Crippen molar-refractivity contribution in [1.29, 1.82) is 0 Å². The first-order valence-electron chi connectivity index (χ1n) is 7.28. The molecule has 0 bridgehead atoms. The third-order valence-electron chi connectivity index (χ3n) is 3.34. The van der Waals surface area contributed by atoms with Crippen LogP contribution in [0.1, 0.15) is 30.5 Å². The van der Waals surface area contributed by atoms with Gasteiger partial charge in [0.05, 0.1) is 0 Å². The molecule has 2 aromatic rings. The smallest absolute Gasteiger partial charge is 0.0415 e. The van der Waals surface area contributed by atoms with Crippen molar-refractivity contribution in [2.75, 3.05) is 12.3 Å². The van der Waals surface area contributed by atoms with Crippen LogP contribution in [0.2, 0.25) is 0 Å². The summed E-state index contributed by atoms with van der Waals surface area (Å²) in [5, 5.41) is 3.65. The quantitative estimate of drug-likeness (QED) is 0.731. The van der Waals surface area contributed by atoms with E-state index in [1.807, 2.05) is 11.8 Å². The summed E-state index contributed by atoms with van der Waals surface area (Å²) < 4.78 is 0. The van der Waals surface area contributed by atoms with E-state index in [9.17, 15) is 0 Å². The Labute approximate surface area is 126 Å². The fraction of sp³-hybridized carbons (Fsp3) is 0.333. The van der Waals surface area contributed by atoms with Crippen LogP contribution in [0.4, 0.5) is 0 Å². The van der Waals surface area contributed by atoms with Crippen LogP contribution in [0.5, 0.6) is 0 Å². The van der Waals surface area contributed by atoms with Crippen LogP contribution in [0, 0.1) is 6.92 Å². The van der Waals surface area contributed by atoms with Crippen LogP contribution in [0.15, 0.2) is 59.5 Å². The Morgan fingerprint density at radius 3 is 2.40 bits per heavy atom. The SMILES string of the molecule is CCCNC(CSc1ccccc1C)c1ccccc1. The minimum atomic E-state index is 0.417. The molecule has 0 spiro atoms. The van der Waals surface area contributed by atoms with Crippen LogP contribution in [-0.4, -0.2) is 12.3 Å². The van der Waals surface area contributed by atoms with Gasteiger partial charge in [-0.05, 0) is 37.1 Å². The minimum Gasteiger partial charge on any atom is -0.309 e. The molecule has 2 rings (SSSR count). The molecule has 1 N–H and O–H groups in total. The summed E-state index contributed by atoms with van der Waals surface area (Å²) in [5.74, 6) is 1.06. The van der Waals surface area contributed by atoms with E-state index in [0.29, 0.717) is 6.04 Å². The molecule has 0 saturated carbocycles. The second kappa shape index (κ2) is 8.13. The van der Waals surface area contributed by atoms with Crippen molar-refractivity contribution in [3.63, 3.8) is 0 Å². The maximum absolute atomic E-state index is 3.65. The van der Waals surface area contributed by atoms with Gasteiger partial charge in [-0.25, -0.2) is 0 Å². The van der Waals surface area contributed by atoms with Crippen molar-refractivity contribution in [3.05, 3.63) is 65.7 Å². The number of benzene rings is 2. The summed E-state index contributed by atoms with van der Waals surface area (Å²) in [6.45, 7) is 5.46. The lowest BCUT2D eigenvalue weighted by atomic mass is 10.1. The maximum Gasteiger partial charge on any atom is 0.0415 e. The van der Waals surface area contributed by atoms with E-state index >= 15 is 0 Å². The van der Waals surface area contributed by atoms with Crippen LogP contribution in [0.25, 0.3) is 0 Å². The lowest BCUT2D eigenvalue weighted by Gasteiger charge is -2.19. The van der Waals surface area contributed by atoms with E-state index in [4.69, 9.17) is 0 Å². The molecule has 1 unspecified atom stereocenters. The highest BCUT2D eigenvalue weighted by molar-refractivity contribution is 7.99. The molecule has 1 atom stereocenters. The second-order valence-electron chi connectivity index (χ2n) is 4.99. The molecule has 0 radical (unpaired) electrons. The zero-order valence-corrected chi connectivity index (χ0v) is 13.1. The fourth-order valence-electron chi connectivity index (χ4n) is 2.17. The van der Waals surface area contributed by atoms with Gasteiger partial charge >= 0.3 is 0 Å². The van der Waals surface area contributed by atoms with Crippen molar-refractivity contribution in [3.8, 4) is 0 Å². The van der Waals surface area contributed by atoms with E-state index < -0.39 is 0 Å². The topological polar surface area (TPSA) is 12.0 Å². The molecule has 0 fully saturated rings. The number of hydrogen-bond donors (Lipinski definition) is 1. The molecule has 2 heteroatoms. The predicted molar refractivity (Wildman–Crippen MR) is 89.4 cm³/mol. The zero-order chi connectivity index (χ0) is 14.2. The highest BCUT2D eigenvalue weighted by atomic mass is 32.2. The highest BCUT2D eigenvalue weighted by Gasteiger charge is 2.11. The van der Waals surface area contributed by atoms with Crippen LogP contribution >= 0.6 is 11.8 Å². The van der Waals surface area contributed by atoms with Gasteiger partial charge in [-0.15, -0.1) is 11.8 Å². The van der Waals surface area contributed by atoms with Gasteiger partial charge in [-0.3, -0.25) is 0 Å². The summed E-state index contributed by atoms with van der Waals surface area (Å²) in [6, 6.07) is 19.8. The molecule has 106 valence electrons. The van der Waals surface area contributed by atoms with E-state index in [1.165, 1.54) is 22.4 Å². The van der Waals surface area contributed by atoms with Gasteiger partial charge in [-0.1, -0.05) is 55.5 Å². The molecule has 0 heterocycles. The molecule has 0 aromatic heterocycles. The summed E-state index contributed by atoms with van der Waals surface area (Å²) in [4.78, 5) is 1.38. The molecule has 0 aliphatic heterocycles. The summed E-state index contributed by atoms with van der Waals surface area (Å²) >= 11 is 1.94. The second-order valence-corrected chi connectivity index (χ2v) is 6.06. The van der Waals surface area contributed by atoms with E-state index in [-0.39, 0.29) is 0 Å². The zero-order valence-electron chi connectivity index (χ0n) is 12.3. The van der Waals surface area contributed by atoms with Crippen LogP contribution in [-0.2, 0) is 0 Å². The number of thioether (sulfide) groups is 1. The lowest BCUT2D eigenvalue weighted by Crippen LogP contribution is -2.24. The first kappa shape index (κ1) is 15.1. The third kappa shape index (κ3) is 4.39. The van der Waals surface area contributed by atoms with Gasteiger partial charge in [0.2, 0.25) is 0 Å². The molecule has 2 aromatic carbocycles. The number of nitrogens with one attached hydrogen (secondary N) is 1. The first-order chi connectivity index (χ1) is 9.81. The Bertz CT molecular complexity index is 510. The van der Waals surface area contributed by atoms with Crippen molar-refractivity contribution >= 4 is 11.8 Å². The van der Waals surface area contributed by atoms with Crippen LogP contribution < -0.4 is 5.32 Å². The average Bonchev–Trinajstić information content (AvgIpc) is 2.50. The lowest BCUT2D eigenvalue weighted by molar-refractivity contribution is 0.577. The van der Waals surface area contributed by atoms with E-state index in [0.717, 1.165) is 12.3 Å². The fourth-order valence-corrected chi connectivity index (χ4v) is 3.30. The van der Waals surface area contributed by atoms with Gasteiger partial charge in [0.1, 0.15) is 0 Å². The normalized spacial score (nSPS) is 12.3. The average molecular weight is 285 g/mol. The first-order valence-corrected chi connectivity index (χ1v) is 8.26. The van der Waals surface area contributed by atoms with E-state index in [1.54, 1.807) is 0 Å². The Morgan fingerprint density at radius 1 is 1.00 bits per heavy atom. The van der Waals surface area contributed by atoms with Gasteiger partial charge in [-0.2, -0.15) is 0 Å². The standard InChI is InChI=1S/C18H23NS/c1-3-13-19-17(16-10-5-4-6-11-16)14-20-18-12-8-7-9-15(18)2/h4-12,17,19H,3,13-14H2,1-2H3. The Hall–Kier alpha value is -1.25. The number of aryl methyl sites for hydroxylation is 1. The molecule has 1 nitrogen and oxygen atoms in total. The van der Waals surface area contributed by atoms with Gasteiger partial charge in [0.25, 0.3) is 0 Å². The van der Waals surface area contributed by atoms with Gasteiger partial charge in [0, 0.05) is 16.7 Å². The molecule has 0 amide bonds. The molecular formula is C18H23NS. The van der Waals surface area contributed by atoms with Gasteiger partial charge in [0.15, 0.2) is 0 Å². The van der Waals surface area contributed by atoms with Gasteiger partial charge < -0.3 is 5.32 Å². The Balaban J connectivity index is 2.03. The van der Waals surface area contributed by atoms with E-state index in [2.05, 4.69) is 73.8 Å². The highest BCUT2D eigenvalue weighted by Crippen LogP contribution is 2.27. The Kier molecular flexibility index (Phi) is 6.16. The molecule has 0 aliphatic rings. The van der Waals surface area contributed by atoms with Crippen LogP contribution in [0.3, 0.4) is 0 Å². The maximum atomic E-state index is 3.65. The minimum absolute atomic E-state index is 0.417. The number of rotatable bonds is 7. The third-order valence-corrected chi connectivity index (χ3v) is 4.61. The predicted octanol–water partition coefficient (Wildman–Crippen LogP) is 4.83. The molecule has 0 saturated heterocycles. The van der Waals surface area contributed by atoms with Crippen molar-refractivity contribution in [2.24, 2.45) is 0 Å². The molecule has 0 aliphatic carbocycles. The summed E-state index contributed by atoms with van der Waals surface area (Å²) in [7, 11) is 0. The largest absolute Gasteiger partial charge is 0.309 e. The molecular weight excluding hydrogens is 262 g/mol. The monoisotopic (exact) mass is 285 g/mol. The summed E-state index contributed by atoms with van der Waals surface area (Å²) in [5.41, 5.74) is 2.74. The van der Waals surface area contributed by atoms with Crippen molar-refractivity contribution in [1.82, 2.24) is 5.32 Å². The Morgan fingerprint density at radius 2 is 1.70 bits per heavy atom. The summed E-state index contributed by atoms with van der Waals surface area (Å²) in [6.07, 6.45) is 1.17. The number of hydrogen-bond acceptors (Lipinski definition) is 2. The van der Waals surface area contributed by atoms with Crippen molar-refractivity contribution < 1.29 is 0 Å². The van der Waals surface area contributed by atoms with Crippen molar-refractivity contribution in [2.45, 2.75) is 31.2 Å².